The van der Waals surface area contributed by atoms with E-state index in [2.05, 4.69) is 12.0 Å². The SMILES string of the molecule is CCCCOC1CCS(=O)(=O)c2c(C)cc(C(=O)c3cnn(CC)c3O)c(C)c21. The van der Waals surface area contributed by atoms with Crippen LogP contribution in [0.1, 0.15) is 71.8 Å². The average Bonchev–Trinajstić information content (AvgIpc) is 3.05. The van der Waals surface area contributed by atoms with Crippen molar-refractivity contribution in [2.75, 3.05) is 12.4 Å². The van der Waals surface area contributed by atoms with Crippen molar-refractivity contribution in [1.82, 2.24) is 9.78 Å². The predicted octanol–water partition coefficient (Wildman–Crippen LogP) is 3.49. The van der Waals surface area contributed by atoms with E-state index in [-0.39, 0.29) is 34.0 Å². The number of carbonyl (C=O) groups is 1. The van der Waals surface area contributed by atoms with Gasteiger partial charge in [-0.2, -0.15) is 5.10 Å². The van der Waals surface area contributed by atoms with Gasteiger partial charge in [-0.1, -0.05) is 13.3 Å². The van der Waals surface area contributed by atoms with E-state index in [4.69, 9.17) is 4.74 Å². The third-order valence-corrected chi connectivity index (χ3v) is 7.41. The highest BCUT2D eigenvalue weighted by atomic mass is 32.2. The maximum atomic E-state index is 13.2. The predicted molar refractivity (Wildman–Crippen MR) is 109 cm³/mol. The normalized spacial score (nSPS) is 17.9. The van der Waals surface area contributed by atoms with Crippen LogP contribution >= 0.6 is 0 Å². The maximum Gasteiger partial charge on any atom is 0.220 e. The lowest BCUT2D eigenvalue weighted by Gasteiger charge is -2.29. The molecular weight excluding hydrogens is 392 g/mol. The summed E-state index contributed by atoms with van der Waals surface area (Å²) in [7, 11) is -3.43. The van der Waals surface area contributed by atoms with Gasteiger partial charge in [0.1, 0.15) is 5.56 Å². The minimum atomic E-state index is -3.43. The van der Waals surface area contributed by atoms with Crippen molar-refractivity contribution >= 4 is 15.6 Å². The molecule has 0 fully saturated rings. The first-order chi connectivity index (χ1) is 13.7. The van der Waals surface area contributed by atoms with Crippen LogP contribution in [0.25, 0.3) is 0 Å². The van der Waals surface area contributed by atoms with Crippen LogP contribution in [-0.2, 0) is 21.1 Å². The lowest BCUT2D eigenvalue weighted by molar-refractivity contribution is 0.0446. The van der Waals surface area contributed by atoms with E-state index in [1.807, 2.05) is 6.92 Å². The second-order valence-corrected chi connectivity index (χ2v) is 9.50. The molecule has 0 spiro atoms. The Morgan fingerprint density at radius 1 is 1.31 bits per heavy atom. The molecule has 0 bridgehead atoms. The molecule has 1 aromatic heterocycles. The summed E-state index contributed by atoms with van der Waals surface area (Å²) in [5.41, 5.74) is 2.17. The molecule has 1 unspecified atom stereocenters. The van der Waals surface area contributed by atoms with Crippen molar-refractivity contribution < 1.29 is 23.1 Å². The number of carbonyl (C=O) groups excluding carboxylic acids is 1. The fourth-order valence-electron chi connectivity index (χ4n) is 3.92. The van der Waals surface area contributed by atoms with Gasteiger partial charge in [0.25, 0.3) is 0 Å². The smallest absolute Gasteiger partial charge is 0.220 e. The van der Waals surface area contributed by atoms with Crippen molar-refractivity contribution in [2.45, 2.75) is 64.5 Å². The molecule has 0 saturated carbocycles. The van der Waals surface area contributed by atoms with Gasteiger partial charge < -0.3 is 9.84 Å². The lowest BCUT2D eigenvalue weighted by atomic mass is 9.90. The van der Waals surface area contributed by atoms with Gasteiger partial charge in [0.05, 0.1) is 22.9 Å². The van der Waals surface area contributed by atoms with Crippen LogP contribution in [0.5, 0.6) is 5.88 Å². The van der Waals surface area contributed by atoms with Gasteiger partial charge in [0.15, 0.2) is 15.6 Å². The molecule has 2 heterocycles. The summed E-state index contributed by atoms with van der Waals surface area (Å²) < 4.78 is 32.9. The number of nitrogens with zero attached hydrogens (tertiary/aromatic N) is 2. The summed E-state index contributed by atoms with van der Waals surface area (Å²) in [6, 6.07) is 1.60. The number of hydrogen-bond acceptors (Lipinski definition) is 6. The number of ether oxygens (including phenoxy) is 1. The summed E-state index contributed by atoms with van der Waals surface area (Å²) in [4.78, 5) is 13.5. The Bertz CT molecular complexity index is 1040. The topological polar surface area (TPSA) is 98.5 Å². The summed E-state index contributed by atoms with van der Waals surface area (Å²) >= 11 is 0. The third kappa shape index (κ3) is 3.83. The monoisotopic (exact) mass is 420 g/mol. The van der Waals surface area contributed by atoms with Crippen molar-refractivity contribution in [2.24, 2.45) is 0 Å². The quantitative estimate of drug-likeness (QED) is 0.544. The molecule has 1 atom stereocenters. The number of hydrogen-bond donors (Lipinski definition) is 1. The molecule has 1 N–H and O–H groups in total. The first-order valence-electron chi connectivity index (χ1n) is 10.0. The Morgan fingerprint density at radius 2 is 2.03 bits per heavy atom. The third-order valence-electron chi connectivity index (χ3n) is 5.47. The first-order valence-corrected chi connectivity index (χ1v) is 11.7. The van der Waals surface area contributed by atoms with Gasteiger partial charge in [-0.3, -0.25) is 4.79 Å². The molecule has 1 aliphatic rings. The molecule has 0 amide bonds. The molecule has 1 aliphatic heterocycles. The number of rotatable bonds is 7. The molecule has 158 valence electrons. The van der Waals surface area contributed by atoms with Crippen LogP contribution in [-0.4, -0.2) is 41.4 Å². The van der Waals surface area contributed by atoms with E-state index in [9.17, 15) is 18.3 Å². The highest BCUT2D eigenvalue weighted by molar-refractivity contribution is 7.91. The van der Waals surface area contributed by atoms with E-state index in [0.29, 0.717) is 41.8 Å². The fraction of sp³-hybridized carbons (Fsp3) is 0.524. The molecule has 3 rings (SSSR count). The van der Waals surface area contributed by atoms with Crippen molar-refractivity contribution in [3.8, 4) is 5.88 Å². The Labute approximate surface area is 171 Å². The molecule has 2 aromatic rings. The Kier molecular flexibility index (Phi) is 6.14. The van der Waals surface area contributed by atoms with Gasteiger partial charge in [-0.25, -0.2) is 13.1 Å². The van der Waals surface area contributed by atoms with Crippen LogP contribution in [0.15, 0.2) is 17.2 Å². The van der Waals surface area contributed by atoms with Crippen LogP contribution < -0.4 is 0 Å². The van der Waals surface area contributed by atoms with Gasteiger partial charge in [0, 0.05) is 24.3 Å². The van der Waals surface area contributed by atoms with Crippen molar-refractivity contribution in [1.29, 1.82) is 0 Å². The van der Waals surface area contributed by atoms with Gasteiger partial charge in [-0.05, 0) is 50.8 Å². The highest BCUT2D eigenvalue weighted by Crippen LogP contribution is 2.40. The Morgan fingerprint density at radius 3 is 2.66 bits per heavy atom. The second-order valence-electron chi connectivity index (χ2n) is 7.46. The number of aromatic hydroxyl groups is 1. The number of aromatic nitrogens is 2. The zero-order chi connectivity index (χ0) is 21.3. The molecule has 0 aliphatic carbocycles. The molecule has 1 aromatic carbocycles. The van der Waals surface area contributed by atoms with Crippen LogP contribution in [0.3, 0.4) is 0 Å². The summed E-state index contributed by atoms with van der Waals surface area (Å²) in [6.07, 6.45) is 3.23. The number of fused-ring (bicyclic) bond motifs is 1. The zero-order valence-electron chi connectivity index (χ0n) is 17.4. The van der Waals surface area contributed by atoms with Crippen LogP contribution in [0, 0.1) is 13.8 Å². The van der Waals surface area contributed by atoms with E-state index in [1.165, 1.54) is 10.9 Å². The number of unbranched alkanes of at least 4 members (excludes halogenated alkanes) is 1. The summed E-state index contributed by atoms with van der Waals surface area (Å²) in [6.45, 7) is 8.32. The standard InChI is InChI=1S/C21H28N2O5S/c1-5-7-9-28-17-8-10-29(26,27)20-13(3)11-15(14(4)18(17)20)19(24)16-12-22-23(6-2)21(16)25/h11-12,17,25H,5-10H2,1-4H3. The Balaban J connectivity index is 2.14. The highest BCUT2D eigenvalue weighted by Gasteiger charge is 2.36. The number of aryl methyl sites for hydroxylation is 2. The minimum absolute atomic E-state index is 0.0361. The largest absolute Gasteiger partial charge is 0.493 e. The second kappa shape index (κ2) is 8.28. The fourth-order valence-corrected chi connectivity index (χ4v) is 5.81. The van der Waals surface area contributed by atoms with Crippen molar-refractivity contribution in [3.63, 3.8) is 0 Å². The van der Waals surface area contributed by atoms with E-state index >= 15 is 0 Å². The van der Waals surface area contributed by atoms with E-state index in [0.717, 1.165) is 12.8 Å². The number of sulfone groups is 1. The average molecular weight is 421 g/mol. The Hall–Kier alpha value is -2.19. The maximum absolute atomic E-state index is 13.2. The number of ketones is 1. The lowest BCUT2D eigenvalue weighted by Crippen LogP contribution is -2.25. The minimum Gasteiger partial charge on any atom is -0.493 e. The van der Waals surface area contributed by atoms with Gasteiger partial charge in [0.2, 0.25) is 5.88 Å². The summed E-state index contributed by atoms with van der Waals surface area (Å²) in [5.74, 6) is -0.523. The van der Waals surface area contributed by atoms with Crippen LogP contribution in [0.4, 0.5) is 0 Å². The molecular formula is C21H28N2O5S. The number of benzene rings is 1. The molecule has 7 nitrogen and oxygen atoms in total. The van der Waals surface area contributed by atoms with E-state index < -0.39 is 9.84 Å². The van der Waals surface area contributed by atoms with Crippen molar-refractivity contribution in [3.05, 3.63) is 40.1 Å². The summed E-state index contributed by atoms with van der Waals surface area (Å²) in [5, 5.41) is 14.3. The first kappa shape index (κ1) is 21.5. The molecule has 8 heteroatoms. The zero-order valence-corrected chi connectivity index (χ0v) is 18.2. The molecule has 0 radical (unpaired) electrons. The molecule has 29 heavy (non-hydrogen) atoms. The molecule has 0 saturated heterocycles. The van der Waals surface area contributed by atoms with Gasteiger partial charge in [-0.15, -0.1) is 0 Å². The van der Waals surface area contributed by atoms with E-state index in [1.54, 1.807) is 19.9 Å². The van der Waals surface area contributed by atoms with Gasteiger partial charge >= 0.3 is 0 Å². The van der Waals surface area contributed by atoms with Crippen LogP contribution in [0.2, 0.25) is 0 Å².